The molecule has 0 atom stereocenters. The maximum atomic E-state index is 5.37. The number of nitrogens with one attached hydrogen (secondary N) is 1. The summed E-state index contributed by atoms with van der Waals surface area (Å²) in [6.45, 7) is 2.08. The monoisotopic (exact) mass is 255 g/mol. The molecule has 0 aliphatic carbocycles. The molecule has 0 fully saturated rings. The van der Waals surface area contributed by atoms with Crippen LogP contribution in [0.3, 0.4) is 0 Å². The zero-order chi connectivity index (χ0) is 12.1. The molecular formula is C12H17NO3S. The minimum atomic E-state index is 0.273. The van der Waals surface area contributed by atoms with Crippen LogP contribution in [0.25, 0.3) is 0 Å². The Morgan fingerprint density at radius 3 is 3.06 bits per heavy atom. The molecule has 1 aliphatic heterocycles. The van der Waals surface area contributed by atoms with Crippen LogP contribution in [-0.4, -0.2) is 32.5 Å². The molecule has 1 aromatic rings. The van der Waals surface area contributed by atoms with Crippen molar-refractivity contribution in [3.05, 3.63) is 17.7 Å². The molecule has 2 rings (SSSR count). The van der Waals surface area contributed by atoms with Gasteiger partial charge in [-0.15, -0.1) is 0 Å². The van der Waals surface area contributed by atoms with E-state index in [1.54, 1.807) is 7.11 Å². The van der Waals surface area contributed by atoms with Gasteiger partial charge < -0.3 is 19.5 Å². The number of hydrogen-bond donors (Lipinski definition) is 1. The summed E-state index contributed by atoms with van der Waals surface area (Å²) >= 11 is 1.83. The van der Waals surface area contributed by atoms with Gasteiger partial charge in [-0.05, 0) is 24.0 Å². The molecule has 1 heterocycles. The molecule has 5 heteroatoms. The standard InChI is InChI=1S/C12H17NO3S/c1-14-10-5-9(7-13-3-4-17-2)6-11-12(10)16-8-15-11/h5-6,13H,3-4,7-8H2,1-2H3. The van der Waals surface area contributed by atoms with Crippen LogP contribution in [0.15, 0.2) is 12.1 Å². The van der Waals surface area contributed by atoms with Crippen molar-refractivity contribution in [2.75, 3.05) is 32.5 Å². The molecule has 0 bridgehead atoms. The van der Waals surface area contributed by atoms with Gasteiger partial charge in [0.25, 0.3) is 0 Å². The maximum absolute atomic E-state index is 5.37. The van der Waals surface area contributed by atoms with Crippen molar-refractivity contribution in [3.8, 4) is 17.2 Å². The van der Waals surface area contributed by atoms with Crippen LogP contribution in [0.2, 0.25) is 0 Å². The first-order valence-corrected chi connectivity index (χ1v) is 6.90. The van der Waals surface area contributed by atoms with E-state index in [2.05, 4.69) is 11.6 Å². The molecule has 17 heavy (non-hydrogen) atoms. The Morgan fingerprint density at radius 2 is 2.29 bits per heavy atom. The first-order chi connectivity index (χ1) is 8.35. The minimum Gasteiger partial charge on any atom is -0.493 e. The molecule has 0 saturated heterocycles. The van der Waals surface area contributed by atoms with E-state index in [1.165, 1.54) is 0 Å². The van der Waals surface area contributed by atoms with Crippen LogP contribution < -0.4 is 19.5 Å². The zero-order valence-corrected chi connectivity index (χ0v) is 10.9. The number of rotatable bonds is 6. The lowest BCUT2D eigenvalue weighted by molar-refractivity contribution is 0.171. The Hall–Kier alpha value is -1.07. The normalized spacial score (nSPS) is 12.8. The lowest BCUT2D eigenvalue weighted by Crippen LogP contribution is -2.16. The highest BCUT2D eigenvalue weighted by Crippen LogP contribution is 2.41. The first-order valence-electron chi connectivity index (χ1n) is 5.51. The van der Waals surface area contributed by atoms with E-state index in [1.807, 2.05) is 23.9 Å². The van der Waals surface area contributed by atoms with Crippen molar-refractivity contribution < 1.29 is 14.2 Å². The summed E-state index contributed by atoms with van der Waals surface area (Å²) in [5.74, 6) is 3.33. The molecule has 0 unspecified atom stereocenters. The summed E-state index contributed by atoms with van der Waals surface area (Å²) in [5, 5.41) is 3.37. The SMILES string of the molecule is COc1cc(CNCCSC)cc2c1OCO2. The molecule has 0 spiro atoms. The smallest absolute Gasteiger partial charge is 0.231 e. The minimum absolute atomic E-state index is 0.273. The molecule has 1 aromatic carbocycles. The fourth-order valence-electron chi connectivity index (χ4n) is 1.69. The molecular weight excluding hydrogens is 238 g/mol. The van der Waals surface area contributed by atoms with Crippen molar-refractivity contribution in [1.82, 2.24) is 5.32 Å². The van der Waals surface area contributed by atoms with E-state index in [4.69, 9.17) is 14.2 Å². The molecule has 0 amide bonds. The second-order valence-corrected chi connectivity index (χ2v) is 4.69. The van der Waals surface area contributed by atoms with E-state index in [0.717, 1.165) is 35.9 Å². The van der Waals surface area contributed by atoms with Crippen molar-refractivity contribution >= 4 is 11.8 Å². The summed E-state index contributed by atoms with van der Waals surface area (Å²) in [7, 11) is 1.64. The van der Waals surface area contributed by atoms with Crippen LogP contribution in [0, 0.1) is 0 Å². The Morgan fingerprint density at radius 1 is 1.41 bits per heavy atom. The summed E-state index contributed by atoms with van der Waals surface area (Å²) < 4.78 is 16.0. The number of fused-ring (bicyclic) bond motifs is 1. The first kappa shape index (κ1) is 12.4. The molecule has 0 aromatic heterocycles. The third kappa shape index (κ3) is 2.98. The molecule has 94 valence electrons. The second-order valence-electron chi connectivity index (χ2n) is 3.70. The van der Waals surface area contributed by atoms with Gasteiger partial charge in [0, 0.05) is 18.8 Å². The van der Waals surface area contributed by atoms with E-state index < -0.39 is 0 Å². The quantitative estimate of drug-likeness (QED) is 0.786. The van der Waals surface area contributed by atoms with Gasteiger partial charge in [0.05, 0.1) is 7.11 Å². The predicted octanol–water partition coefficient (Wildman–Crippen LogP) is 1.88. The van der Waals surface area contributed by atoms with Crippen molar-refractivity contribution in [1.29, 1.82) is 0 Å². The predicted molar refractivity (Wildman–Crippen MR) is 69.2 cm³/mol. The molecule has 4 nitrogen and oxygen atoms in total. The Kier molecular flexibility index (Phi) is 4.39. The van der Waals surface area contributed by atoms with Crippen molar-refractivity contribution in [2.45, 2.75) is 6.54 Å². The van der Waals surface area contributed by atoms with Gasteiger partial charge in [0.2, 0.25) is 12.5 Å². The summed E-state index contributed by atoms with van der Waals surface area (Å²) in [4.78, 5) is 0. The molecule has 1 N–H and O–H groups in total. The van der Waals surface area contributed by atoms with Gasteiger partial charge in [-0.25, -0.2) is 0 Å². The largest absolute Gasteiger partial charge is 0.493 e. The van der Waals surface area contributed by atoms with Crippen LogP contribution in [-0.2, 0) is 6.54 Å². The number of ether oxygens (including phenoxy) is 3. The second kappa shape index (κ2) is 6.02. The van der Waals surface area contributed by atoms with E-state index >= 15 is 0 Å². The fraction of sp³-hybridized carbons (Fsp3) is 0.500. The number of methoxy groups -OCH3 is 1. The highest BCUT2D eigenvalue weighted by Gasteiger charge is 2.19. The highest BCUT2D eigenvalue weighted by atomic mass is 32.2. The van der Waals surface area contributed by atoms with Gasteiger partial charge >= 0.3 is 0 Å². The van der Waals surface area contributed by atoms with Crippen LogP contribution >= 0.6 is 11.8 Å². The maximum Gasteiger partial charge on any atom is 0.231 e. The number of benzene rings is 1. The lowest BCUT2D eigenvalue weighted by atomic mass is 10.2. The highest BCUT2D eigenvalue weighted by molar-refractivity contribution is 7.98. The van der Waals surface area contributed by atoms with Gasteiger partial charge in [-0.2, -0.15) is 11.8 Å². The van der Waals surface area contributed by atoms with Crippen molar-refractivity contribution in [3.63, 3.8) is 0 Å². The Labute approximate surface area is 106 Å². The summed E-state index contributed by atoms with van der Waals surface area (Å²) in [6.07, 6.45) is 2.10. The fourth-order valence-corrected chi connectivity index (χ4v) is 2.04. The molecule has 1 aliphatic rings. The van der Waals surface area contributed by atoms with Gasteiger partial charge in [-0.1, -0.05) is 0 Å². The van der Waals surface area contributed by atoms with E-state index in [-0.39, 0.29) is 6.79 Å². The molecule has 0 saturated carbocycles. The Balaban J connectivity index is 2.03. The van der Waals surface area contributed by atoms with Crippen LogP contribution in [0.4, 0.5) is 0 Å². The topological polar surface area (TPSA) is 39.7 Å². The summed E-state index contributed by atoms with van der Waals surface area (Å²) in [5.41, 5.74) is 1.15. The van der Waals surface area contributed by atoms with Crippen molar-refractivity contribution in [2.24, 2.45) is 0 Å². The third-order valence-corrected chi connectivity index (χ3v) is 3.14. The number of hydrogen-bond acceptors (Lipinski definition) is 5. The zero-order valence-electron chi connectivity index (χ0n) is 10.1. The average Bonchev–Trinajstić information content (AvgIpc) is 2.81. The van der Waals surface area contributed by atoms with Gasteiger partial charge in [-0.3, -0.25) is 0 Å². The Bertz CT molecular complexity index is 384. The van der Waals surface area contributed by atoms with Gasteiger partial charge in [0.1, 0.15) is 0 Å². The van der Waals surface area contributed by atoms with Crippen LogP contribution in [0.5, 0.6) is 17.2 Å². The van der Waals surface area contributed by atoms with Crippen LogP contribution in [0.1, 0.15) is 5.56 Å². The average molecular weight is 255 g/mol. The number of thioether (sulfide) groups is 1. The molecule has 0 radical (unpaired) electrons. The lowest BCUT2D eigenvalue weighted by Gasteiger charge is -2.09. The van der Waals surface area contributed by atoms with Gasteiger partial charge in [0.15, 0.2) is 11.5 Å². The van der Waals surface area contributed by atoms with E-state index in [0.29, 0.717) is 5.75 Å². The third-order valence-electron chi connectivity index (χ3n) is 2.53. The summed E-state index contributed by atoms with van der Waals surface area (Å²) in [6, 6.07) is 3.98. The van der Waals surface area contributed by atoms with E-state index in [9.17, 15) is 0 Å².